The molecule has 2 atom stereocenters. The maximum atomic E-state index is 11.7. The first-order valence-corrected chi connectivity index (χ1v) is 10.2. The fourth-order valence-corrected chi connectivity index (χ4v) is 3.29. The fraction of sp³-hybridized carbons (Fsp3) is 0.682. The zero-order valence-electron chi connectivity index (χ0n) is 16.8. The van der Waals surface area contributed by atoms with Crippen molar-refractivity contribution >= 4 is 5.97 Å². The number of carbonyl (C=O) groups is 1. The number of benzene rings is 1. The van der Waals surface area contributed by atoms with Crippen LogP contribution in [0.1, 0.15) is 83.1 Å². The Morgan fingerprint density at radius 2 is 1.70 bits per heavy atom. The third-order valence-electron chi connectivity index (χ3n) is 5.13. The van der Waals surface area contributed by atoms with Crippen molar-refractivity contribution in [3.8, 4) is 5.75 Å². The number of aliphatic hydroxyl groups excluding tert-OH is 1. The Hall–Kier alpha value is -1.59. The number of aliphatic carboxylic acids is 1. The molecular weight excluding hydrogens is 344 g/mol. The van der Waals surface area contributed by atoms with E-state index in [1.165, 1.54) is 51.7 Å². The Balaban J connectivity index is 2.40. The van der Waals surface area contributed by atoms with E-state index < -0.39 is 17.7 Å². The normalized spacial score (nSPS) is 14.5. The van der Waals surface area contributed by atoms with Crippen LogP contribution in [0.3, 0.4) is 0 Å². The van der Waals surface area contributed by atoms with E-state index in [4.69, 9.17) is 4.74 Å². The number of rotatable bonds is 15. The largest absolute Gasteiger partial charge is 0.497 e. The summed E-state index contributed by atoms with van der Waals surface area (Å²) in [5, 5.41) is 30.4. The highest BCUT2D eigenvalue weighted by Gasteiger charge is 2.38. The zero-order valence-corrected chi connectivity index (χ0v) is 16.8. The van der Waals surface area contributed by atoms with Crippen LogP contribution in [0.4, 0.5) is 0 Å². The van der Waals surface area contributed by atoms with Crippen LogP contribution in [0.5, 0.6) is 5.75 Å². The second-order valence-electron chi connectivity index (χ2n) is 7.35. The summed E-state index contributed by atoms with van der Waals surface area (Å²) in [5.74, 6) is -0.818. The average molecular weight is 381 g/mol. The topological polar surface area (TPSA) is 87.0 Å². The van der Waals surface area contributed by atoms with Gasteiger partial charge in [-0.05, 0) is 37.0 Å². The molecule has 0 fully saturated rings. The number of carboxylic acid groups (broad SMARTS) is 1. The van der Waals surface area contributed by atoms with Gasteiger partial charge in [0.1, 0.15) is 5.75 Å². The van der Waals surface area contributed by atoms with Gasteiger partial charge in [0.05, 0.1) is 13.2 Å². The van der Waals surface area contributed by atoms with E-state index in [1.807, 2.05) is 0 Å². The molecule has 5 heteroatoms. The molecule has 0 aliphatic carbocycles. The van der Waals surface area contributed by atoms with E-state index in [1.54, 1.807) is 18.2 Å². The van der Waals surface area contributed by atoms with Crippen LogP contribution < -0.4 is 4.74 Å². The van der Waals surface area contributed by atoms with Crippen molar-refractivity contribution in [2.45, 2.75) is 89.3 Å². The summed E-state index contributed by atoms with van der Waals surface area (Å²) in [6, 6.07) is 6.45. The Morgan fingerprint density at radius 3 is 2.30 bits per heavy atom. The molecule has 154 valence electrons. The van der Waals surface area contributed by atoms with Crippen LogP contribution in [0, 0.1) is 0 Å². The smallest absolute Gasteiger partial charge is 0.340 e. The minimum atomic E-state index is -2.02. The van der Waals surface area contributed by atoms with E-state index in [0.717, 1.165) is 12.8 Å². The maximum absolute atomic E-state index is 11.7. The summed E-state index contributed by atoms with van der Waals surface area (Å²) >= 11 is 0. The first-order chi connectivity index (χ1) is 12.9. The van der Waals surface area contributed by atoms with Gasteiger partial charge in [-0.2, -0.15) is 0 Å². The molecule has 0 amide bonds. The van der Waals surface area contributed by atoms with Gasteiger partial charge in [0.15, 0.2) is 5.60 Å². The SMILES string of the molecule is CCCCCCCCCCC(O)CCC(O)(C(=O)O)c1cccc(OC)c1. The minimum Gasteiger partial charge on any atom is -0.497 e. The van der Waals surface area contributed by atoms with Crippen LogP contribution >= 0.6 is 0 Å². The lowest BCUT2D eigenvalue weighted by Gasteiger charge is -2.25. The van der Waals surface area contributed by atoms with Gasteiger partial charge in [0.25, 0.3) is 0 Å². The highest BCUT2D eigenvalue weighted by molar-refractivity contribution is 5.79. The van der Waals surface area contributed by atoms with Gasteiger partial charge < -0.3 is 20.1 Å². The monoisotopic (exact) mass is 380 g/mol. The van der Waals surface area contributed by atoms with Crippen molar-refractivity contribution in [3.63, 3.8) is 0 Å². The quantitative estimate of drug-likeness (QED) is 0.386. The molecule has 0 saturated heterocycles. The Morgan fingerprint density at radius 1 is 1.07 bits per heavy atom. The van der Waals surface area contributed by atoms with Crippen LogP contribution in [-0.2, 0) is 10.4 Å². The summed E-state index contributed by atoms with van der Waals surface area (Å²) in [7, 11) is 1.49. The van der Waals surface area contributed by atoms with Gasteiger partial charge in [-0.3, -0.25) is 0 Å². The molecule has 0 radical (unpaired) electrons. The Labute approximate surface area is 163 Å². The number of methoxy groups -OCH3 is 1. The number of carboxylic acids is 1. The Kier molecular flexibility index (Phi) is 11.1. The van der Waals surface area contributed by atoms with Gasteiger partial charge in [-0.15, -0.1) is 0 Å². The van der Waals surface area contributed by atoms with Crippen LogP contribution in [0.2, 0.25) is 0 Å². The number of hydrogen-bond acceptors (Lipinski definition) is 4. The molecule has 27 heavy (non-hydrogen) atoms. The second kappa shape index (κ2) is 12.7. The molecule has 0 heterocycles. The standard InChI is InChI=1S/C22H36O5/c1-3-4-5-6-7-8-9-10-13-19(23)15-16-22(26,21(24)25)18-12-11-14-20(17-18)27-2/h11-12,14,17,19,23,26H,3-10,13,15-16H2,1-2H3,(H,24,25). The van der Waals surface area contributed by atoms with Gasteiger partial charge in [-0.1, -0.05) is 70.4 Å². The van der Waals surface area contributed by atoms with Crippen molar-refractivity contribution in [1.29, 1.82) is 0 Å². The molecule has 1 rings (SSSR count). The number of unbranched alkanes of at least 4 members (excludes halogenated alkanes) is 7. The lowest BCUT2D eigenvalue weighted by atomic mass is 9.87. The van der Waals surface area contributed by atoms with Crippen LogP contribution in [0.15, 0.2) is 24.3 Å². The predicted octanol–water partition coefficient (Wildman–Crippen LogP) is 4.64. The van der Waals surface area contributed by atoms with Crippen molar-refractivity contribution in [2.75, 3.05) is 7.11 Å². The van der Waals surface area contributed by atoms with E-state index in [9.17, 15) is 20.1 Å². The van der Waals surface area contributed by atoms with E-state index in [-0.39, 0.29) is 18.4 Å². The van der Waals surface area contributed by atoms with Crippen molar-refractivity contribution in [3.05, 3.63) is 29.8 Å². The summed E-state index contributed by atoms with van der Waals surface area (Å²) in [5.41, 5.74) is -1.75. The van der Waals surface area contributed by atoms with Gasteiger partial charge in [0.2, 0.25) is 0 Å². The molecule has 0 saturated carbocycles. The van der Waals surface area contributed by atoms with Crippen molar-refractivity contribution in [2.24, 2.45) is 0 Å². The number of aliphatic hydroxyl groups is 2. The van der Waals surface area contributed by atoms with E-state index >= 15 is 0 Å². The molecule has 0 spiro atoms. The van der Waals surface area contributed by atoms with Crippen molar-refractivity contribution in [1.82, 2.24) is 0 Å². The first kappa shape index (κ1) is 23.4. The summed E-state index contributed by atoms with van der Waals surface area (Å²) in [6.45, 7) is 2.21. The van der Waals surface area contributed by atoms with E-state index in [0.29, 0.717) is 12.2 Å². The third kappa shape index (κ3) is 8.31. The molecule has 2 unspecified atom stereocenters. The molecular formula is C22H36O5. The molecule has 0 bridgehead atoms. The zero-order chi connectivity index (χ0) is 20.1. The summed E-state index contributed by atoms with van der Waals surface area (Å²) < 4.78 is 5.11. The number of hydrogen-bond donors (Lipinski definition) is 3. The predicted molar refractivity (Wildman–Crippen MR) is 107 cm³/mol. The minimum absolute atomic E-state index is 0.0340. The van der Waals surface area contributed by atoms with Gasteiger partial charge in [-0.25, -0.2) is 4.79 Å². The summed E-state index contributed by atoms with van der Waals surface area (Å²) in [4.78, 5) is 11.7. The molecule has 0 aliphatic rings. The molecule has 0 aromatic heterocycles. The van der Waals surface area contributed by atoms with Crippen molar-refractivity contribution < 1.29 is 24.9 Å². The number of ether oxygens (including phenoxy) is 1. The third-order valence-corrected chi connectivity index (χ3v) is 5.13. The van der Waals surface area contributed by atoms with Crippen LogP contribution in [0.25, 0.3) is 0 Å². The molecule has 3 N–H and O–H groups in total. The average Bonchev–Trinajstić information content (AvgIpc) is 2.68. The van der Waals surface area contributed by atoms with Gasteiger partial charge >= 0.3 is 5.97 Å². The lowest BCUT2D eigenvalue weighted by molar-refractivity contribution is -0.161. The molecule has 1 aromatic rings. The molecule has 1 aromatic carbocycles. The van der Waals surface area contributed by atoms with Crippen LogP contribution in [-0.4, -0.2) is 34.5 Å². The second-order valence-corrected chi connectivity index (χ2v) is 7.35. The molecule has 5 nitrogen and oxygen atoms in total. The first-order valence-electron chi connectivity index (χ1n) is 10.2. The highest BCUT2D eigenvalue weighted by Crippen LogP contribution is 2.30. The maximum Gasteiger partial charge on any atom is 0.340 e. The summed E-state index contributed by atoms with van der Waals surface area (Å²) in [6.07, 6.45) is 9.84. The molecule has 0 aliphatic heterocycles. The fourth-order valence-electron chi connectivity index (χ4n) is 3.29. The highest BCUT2D eigenvalue weighted by atomic mass is 16.5. The van der Waals surface area contributed by atoms with E-state index in [2.05, 4.69) is 6.92 Å². The lowest BCUT2D eigenvalue weighted by Crippen LogP contribution is -2.36. The van der Waals surface area contributed by atoms with Gasteiger partial charge in [0, 0.05) is 0 Å². The Bertz CT molecular complexity index is 545.